The Bertz CT molecular complexity index is 379. The van der Waals surface area contributed by atoms with Gasteiger partial charge in [-0.15, -0.1) is 0 Å². The van der Waals surface area contributed by atoms with Gasteiger partial charge in [0.15, 0.2) is 6.10 Å². The van der Waals surface area contributed by atoms with Gasteiger partial charge in [0, 0.05) is 0 Å². The summed E-state index contributed by atoms with van der Waals surface area (Å²) in [6.07, 6.45) is -2.02. The Labute approximate surface area is 98.4 Å². The molecular formula is C11H13NO5. The predicted octanol–water partition coefficient (Wildman–Crippen LogP) is 1.73. The number of methoxy groups -OCH3 is 1. The van der Waals surface area contributed by atoms with Crippen molar-refractivity contribution in [3.8, 4) is 0 Å². The molecule has 6 nitrogen and oxygen atoms in total. The van der Waals surface area contributed by atoms with E-state index in [4.69, 9.17) is 0 Å². The third-order valence-corrected chi connectivity index (χ3v) is 1.83. The van der Waals surface area contributed by atoms with E-state index in [0.29, 0.717) is 5.69 Å². The van der Waals surface area contributed by atoms with Crippen LogP contribution in [0.3, 0.4) is 0 Å². The van der Waals surface area contributed by atoms with Crippen LogP contribution < -0.4 is 5.48 Å². The summed E-state index contributed by atoms with van der Waals surface area (Å²) in [7, 11) is 1.20. The number of para-hydroxylation sites is 1. The van der Waals surface area contributed by atoms with Crippen LogP contribution in [0.15, 0.2) is 30.3 Å². The van der Waals surface area contributed by atoms with Crippen LogP contribution in [0, 0.1) is 0 Å². The van der Waals surface area contributed by atoms with Crippen molar-refractivity contribution in [2.45, 2.75) is 13.0 Å². The zero-order valence-corrected chi connectivity index (χ0v) is 9.51. The molecule has 0 saturated carbocycles. The Morgan fingerprint density at radius 1 is 1.24 bits per heavy atom. The van der Waals surface area contributed by atoms with Gasteiger partial charge >= 0.3 is 12.1 Å². The van der Waals surface area contributed by atoms with Crippen LogP contribution in [-0.2, 0) is 19.1 Å². The molecule has 6 heteroatoms. The second-order valence-electron chi connectivity index (χ2n) is 3.10. The van der Waals surface area contributed by atoms with Crippen LogP contribution in [0.5, 0.6) is 0 Å². The van der Waals surface area contributed by atoms with Crippen molar-refractivity contribution in [3.63, 3.8) is 0 Å². The first kappa shape index (κ1) is 12.8. The van der Waals surface area contributed by atoms with Gasteiger partial charge in [0.25, 0.3) is 0 Å². The molecule has 0 amide bonds. The van der Waals surface area contributed by atoms with Gasteiger partial charge in [-0.25, -0.2) is 15.1 Å². The quantitative estimate of drug-likeness (QED) is 0.637. The van der Waals surface area contributed by atoms with Crippen molar-refractivity contribution in [3.05, 3.63) is 30.3 Å². The summed E-state index contributed by atoms with van der Waals surface area (Å²) in [6, 6.07) is 8.78. The lowest BCUT2D eigenvalue weighted by Crippen LogP contribution is -2.26. The molecule has 0 heterocycles. The molecule has 1 N–H and O–H groups in total. The van der Waals surface area contributed by atoms with E-state index < -0.39 is 18.2 Å². The summed E-state index contributed by atoms with van der Waals surface area (Å²) in [5.74, 6) is -0.651. The number of carbonyl (C=O) groups is 2. The zero-order chi connectivity index (χ0) is 12.7. The van der Waals surface area contributed by atoms with Gasteiger partial charge in [-0.3, -0.25) is 0 Å². The van der Waals surface area contributed by atoms with Crippen molar-refractivity contribution in [1.29, 1.82) is 0 Å². The lowest BCUT2D eigenvalue weighted by molar-refractivity contribution is -0.150. The number of rotatable bonds is 4. The highest BCUT2D eigenvalue weighted by Gasteiger charge is 2.19. The van der Waals surface area contributed by atoms with E-state index in [9.17, 15) is 9.59 Å². The van der Waals surface area contributed by atoms with Gasteiger partial charge in [0.2, 0.25) is 0 Å². The highest BCUT2D eigenvalue weighted by molar-refractivity contribution is 5.76. The minimum Gasteiger partial charge on any atom is -0.466 e. The molecule has 1 atom stereocenters. The van der Waals surface area contributed by atoms with Crippen LogP contribution >= 0.6 is 0 Å². The number of esters is 1. The largest absolute Gasteiger partial charge is 0.534 e. The first-order valence-electron chi connectivity index (χ1n) is 4.90. The zero-order valence-electron chi connectivity index (χ0n) is 9.51. The molecule has 17 heavy (non-hydrogen) atoms. The summed E-state index contributed by atoms with van der Waals surface area (Å²) in [5.41, 5.74) is 2.97. The topological polar surface area (TPSA) is 73.9 Å². The van der Waals surface area contributed by atoms with Crippen molar-refractivity contribution < 1.29 is 23.9 Å². The second kappa shape index (κ2) is 6.37. The van der Waals surface area contributed by atoms with Crippen molar-refractivity contribution in [2.75, 3.05) is 12.6 Å². The lowest BCUT2D eigenvalue weighted by atomic mass is 10.3. The molecule has 0 aliphatic rings. The molecule has 0 aliphatic carbocycles. The molecular weight excluding hydrogens is 226 g/mol. The number of carbonyl (C=O) groups excluding carboxylic acids is 2. The fourth-order valence-electron chi connectivity index (χ4n) is 0.989. The molecule has 0 aliphatic heterocycles. The SMILES string of the molecule is COC(=O)C(C)OC(=O)ONc1ccccc1. The van der Waals surface area contributed by atoms with Gasteiger partial charge in [0.05, 0.1) is 12.8 Å². The highest BCUT2D eigenvalue weighted by atomic mass is 16.8. The van der Waals surface area contributed by atoms with E-state index in [2.05, 4.69) is 19.8 Å². The minimum absolute atomic E-state index is 0.593. The molecule has 0 radical (unpaired) electrons. The molecule has 0 spiro atoms. The molecule has 1 aromatic carbocycles. The number of ether oxygens (including phenoxy) is 2. The average molecular weight is 239 g/mol. The summed E-state index contributed by atoms with van der Waals surface area (Å²) < 4.78 is 9.01. The summed E-state index contributed by atoms with van der Waals surface area (Å²) in [6.45, 7) is 1.38. The normalized spacial score (nSPS) is 11.2. The molecule has 92 valence electrons. The summed E-state index contributed by atoms with van der Waals surface area (Å²) in [4.78, 5) is 26.7. The van der Waals surface area contributed by atoms with Crippen molar-refractivity contribution in [2.24, 2.45) is 0 Å². The van der Waals surface area contributed by atoms with E-state index in [1.807, 2.05) is 6.07 Å². The average Bonchev–Trinajstić information content (AvgIpc) is 2.36. The molecule has 1 rings (SSSR count). The van der Waals surface area contributed by atoms with E-state index in [1.54, 1.807) is 24.3 Å². The van der Waals surface area contributed by atoms with E-state index in [-0.39, 0.29) is 0 Å². The van der Waals surface area contributed by atoms with Crippen molar-refractivity contribution >= 4 is 17.8 Å². The highest BCUT2D eigenvalue weighted by Crippen LogP contribution is 2.05. The lowest BCUT2D eigenvalue weighted by Gasteiger charge is -2.11. The van der Waals surface area contributed by atoms with E-state index in [1.165, 1.54) is 14.0 Å². The third kappa shape index (κ3) is 4.42. The Hall–Kier alpha value is -2.24. The molecule has 0 aromatic heterocycles. The predicted molar refractivity (Wildman–Crippen MR) is 59.1 cm³/mol. The maximum Gasteiger partial charge on any atom is 0.534 e. The number of hydrogen-bond donors (Lipinski definition) is 1. The maximum absolute atomic E-state index is 11.1. The van der Waals surface area contributed by atoms with Crippen LogP contribution in [0.1, 0.15) is 6.92 Å². The molecule has 1 aromatic rings. The van der Waals surface area contributed by atoms with Crippen molar-refractivity contribution in [1.82, 2.24) is 0 Å². The minimum atomic E-state index is -1.01. The van der Waals surface area contributed by atoms with Gasteiger partial charge in [-0.1, -0.05) is 18.2 Å². The monoisotopic (exact) mass is 239 g/mol. The smallest absolute Gasteiger partial charge is 0.466 e. The van der Waals surface area contributed by atoms with Crippen LogP contribution in [0.4, 0.5) is 10.5 Å². The van der Waals surface area contributed by atoms with Gasteiger partial charge in [0.1, 0.15) is 0 Å². The van der Waals surface area contributed by atoms with Gasteiger partial charge in [-0.2, -0.15) is 0 Å². The van der Waals surface area contributed by atoms with E-state index in [0.717, 1.165) is 0 Å². The Balaban J connectivity index is 2.33. The van der Waals surface area contributed by atoms with Crippen LogP contribution in [0.25, 0.3) is 0 Å². The first-order valence-corrected chi connectivity index (χ1v) is 4.90. The Morgan fingerprint density at radius 2 is 1.88 bits per heavy atom. The number of benzene rings is 1. The molecule has 1 unspecified atom stereocenters. The molecule has 0 saturated heterocycles. The Morgan fingerprint density at radius 3 is 2.47 bits per heavy atom. The van der Waals surface area contributed by atoms with Crippen LogP contribution in [-0.4, -0.2) is 25.3 Å². The third-order valence-electron chi connectivity index (χ3n) is 1.83. The second-order valence-corrected chi connectivity index (χ2v) is 3.10. The fraction of sp³-hybridized carbons (Fsp3) is 0.273. The maximum atomic E-state index is 11.1. The Kier molecular flexibility index (Phi) is 4.80. The summed E-state index contributed by atoms with van der Waals surface area (Å²) in [5, 5.41) is 0. The number of nitrogens with one attached hydrogen (secondary N) is 1. The fourth-order valence-corrected chi connectivity index (χ4v) is 0.989. The summed E-state index contributed by atoms with van der Waals surface area (Å²) >= 11 is 0. The molecule has 0 bridgehead atoms. The standard InChI is InChI=1S/C11H13NO5/c1-8(10(13)15-2)16-11(14)17-12-9-6-4-3-5-7-9/h3-8,12H,1-2H3. The van der Waals surface area contributed by atoms with Crippen LogP contribution in [0.2, 0.25) is 0 Å². The number of hydrogen-bond acceptors (Lipinski definition) is 6. The van der Waals surface area contributed by atoms with Gasteiger partial charge < -0.3 is 14.3 Å². The first-order chi connectivity index (χ1) is 8.13. The number of anilines is 1. The van der Waals surface area contributed by atoms with Gasteiger partial charge in [-0.05, 0) is 19.1 Å². The molecule has 0 fully saturated rings. The van der Waals surface area contributed by atoms with E-state index >= 15 is 0 Å².